The fourth-order valence-corrected chi connectivity index (χ4v) is 3.77. The van der Waals surface area contributed by atoms with Crippen molar-refractivity contribution >= 4 is 16.7 Å². The van der Waals surface area contributed by atoms with Gasteiger partial charge in [-0.3, -0.25) is 4.79 Å². The van der Waals surface area contributed by atoms with Crippen molar-refractivity contribution < 1.29 is 22.7 Å². The van der Waals surface area contributed by atoms with Gasteiger partial charge in [0.1, 0.15) is 5.75 Å². The maximum atomic E-state index is 13.4. The monoisotopic (exact) mass is 449 g/mol. The van der Waals surface area contributed by atoms with Crippen molar-refractivity contribution in [3.05, 3.63) is 113 Å². The standard InChI is InChI=1S/C27H22F3NO2/c1-33-24-15-9-19(10-16-24)17-31(18-22-7-4-6-20-5-2-3-8-25(20)22)26(32)21-11-13-23(14-12-21)27(28,29)30/h2-16H,17-18H2,1H3. The van der Waals surface area contributed by atoms with Crippen molar-refractivity contribution in [2.24, 2.45) is 0 Å². The van der Waals surface area contributed by atoms with Crippen LogP contribution in [0.3, 0.4) is 0 Å². The molecule has 0 atom stereocenters. The highest BCUT2D eigenvalue weighted by Gasteiger charge is 2.30. The first-order valence-corrected chi connectivity index (χ1v) is 10.4. The Morgan fingerprint density at radius 3 is 2.15 bits per heavy atom. The summed E-state index contributed by atoms with van der Waals surface area (Å²) in [6.07, 6.45) is -4.45. The van der Waals surface area contributed by atoms with E-state index < -0.39 is 11.7 Å². The lowest BCUT2D eigenvalue weighted by atomic mass is 10.0. The summed E-state index contributed by atoms with van der Waals surface area (Å²) in [6.45, 7) is 0.611. The summed E-state index contributed by atoms with van der Waals surface area (Å²) in [7, 11) is 1.58. The van der Waals surface area contributed by atoms with Crippen LogP contribution in [0.25, 0.3) is 10.8 Å². The van der Waals surface area contributed by atoms with Gasteiger partial charge in [-0.15, -0.1) is 0 Å². The number of nitrogens with zero attached hydrogens (tertiary/aromatic N) is 1. The molecule has 0 radical (unpaired) electrons. The summed E-state index contributed by atoms with van der Waals surface area (Å²) in [4.78, 5) is 15.0. The lowest BCUT2D eigenvalue weighted by Gasteiger charge is -2.24. The Labute approximate surface area is 190 Å². The van der Waals surface area contributed by atoms with E-state index in [1.54, 1.807) is 12.0 Å². The molecule has 6 heteroatoms. The van der Waals surface area contributed by atoms with Crippen molar-refractivity contribution in [1.82, 2.24) is 4.90 Å². The molecule has 0 saturated heterocycles. The third kappa shape index (κ3) is 5.17. The van der Waals surface area contributed by atoms with Crippen LogP contribution in [0.4, 0.5) is 13.2 Å². The first-order valence-electron chi connectivity index (χ1n) is 10.4. The van der Waals surface area contributed by atoms with E-state index in [-0.39, 0.29) is 11.5 Å². The van der Waals surface area contributed by atoms with Gasteiger partial charge in [-0.2, -0.15) is 13.2 Å². The zero-order valence-electron chi connectivity index (χ0n) is 18.0. The highest BCUT2D eigenvalue weighted by molar-refractivity contribution is 5.94. The van der Waals surface area contributed by atoms with E-state index in [0.29, 0.717) is 18.8 Å². The number of hydrogen-bond donors (Lipinski definition) is 0. The van der Waals surface area contributed by atoms with E-state index in [4.69, 9.17) is 4.74 Å². The fourth-order valence-electron chi connectivity index (χ4n) is 3.77. The van der Waals surface area contributed by atoms with E-state index in [9.17, 15) is 18.0 Å². The molecule has 4 rings (SSSR count). The Balaban J connectivity index is 1.67. The summed E-state index contributed by atoms with van der Waals surface area (Å²) >= 11 is 0. The molecule has 0 unspecified atom stereocenters. The molecule has 0 aliphatic heterocycles. The summed E-state index contributed by atoms with van der Waals surface area (Å²) < 4.78 is 44.1. The molecule has 4 aromatic carbocycles. The summed E-state index contributed by atoms with van der Waals surface area (Å²) in [6, 6.07) is 25.5. The van der Waals surface area contributed by atoms with Crippen LogP contribution in [0.5, 0.6) is 5.75 Å². The van der Waals surface area contributed by atoms with Gasteiger partial charge in [0.05, 0.1) is 12.7 Å². The van der Waals surface area contributed by atoms with Crippen LogP contribution < -0.4 is 4.74 Å². The van der Waals surface area contributed by atoms with E-state index >= 15 is 0 Å². The van der Waals surface area contributed by atoms with Gasteiger partial charge >= 0.3 is 6.18 Å². The lowest BCUT2D eigenvalue weighted by Crippen LogP contribution is -2.30. The minimum Gasteiger partial charge on any atom is -0.497 e. The molecule has 168 valence electrons. The highest BCUT2D eigenvalue weighted by Crippen LogP contribution is 2.29. The summed E-state index contributed by atoms with van der Waals surface area (Å²) in [5, 5.41) is 2.08. The molecular formula is C27H22F3NO2. The number of methoxy groups -OCH3 is 1. The van der Waals surface area contributed by atoms with Gasteiger partial charge in [-0.25, -0.2) is 0 Å². The SMILES string of the molecule is COc1ccc(CN(Cc2cccc3ccccc23)C(=O)c2ccc(C(F)(F)F)cc2)cc1. The largest absolute Gasteiger partial charge is 0.497 e. The Morgan fingerprint density at radius 1 is 0.818 bits per heavy atom. The fraction of sp³-hybridized carbons (Fsp3) is 0.148. The van der Waals surface area contributed by atoms with Crippen molar-refractivity contribution in [3.8, 4) is 5.75 Å². The maximum absolute atomic E-state index is 13.4. The van der Waals surface area contributed by atoms with Gasteiger partial charge in [0.15, 0.2) is 0 Å². The molecule has 1 amide bonds. The number of carbonyl (C=O) groups is 1. The second-order valence-corrected chi connectivity index (χ2v) is 7.72. The van der Waals surface area contributed by atoms with Crippen LogP contribution in [-0.2, 0) is 19.3 Å². The van der Waals surface area contributed by atoms with Gasteiger partial charge in [0, 0.05) is 18.7 Å². The van der Waals surface area contributed by atoms with Crippen LogP contribution in [-0.4, -0.2) is 17.9 Å². The van der Waals surface area contributed by atoms with Crippen LogP contribution in [0.15, 0.2) is 91.0 Å². The molecule has 0 spiro atoms. The Morgan fingerprint density at radius 2 is 1.48 bits per heavy atom. The number of rotatable bonds is 6. The zero-order valence-corrected chi connectivity index (χ0v) is 18.0. The average Bonchev–Trinajstić information content (AvgIpc) is 2.83. The minimum atomic E-state index is -4.45. The third-order valence-electron chi connectivity index (χ3n) is 5.52. The molecule has 0 aromatic heterocycles. The average molecular weight is 449 g/mol. The summed E-state index contributed by atoms with van der Waals surface area (Å²) in [5.74, 6) is 0.362. The van der Waals surface area contributed by atoms with Gasteiger partial charge < -0.3 is 9.64 Å². The van der Waals surface area contributed by atoms with E-state index in [0.717, 1.165) is 34.0 Å². The number of alkyl halides is 3. The van der Waals surface area contributed by atoms with E-state index in [1.807, 2.05) is 66.7 Å². The maximum Gasteiger partial charge on any atom is 0.416 e. The molecule has 3 nitrogen and oxygen atoms in total. The van der Waals surface area contributed by atoms with Gasteiger partial charge in [0.2, 0.25) is 0 Å². The molecule has 0 aliphatic rings. The predicted octanol–water partition coefficient (Wildman–Crippen LogP) is 6.71. The zero-order chi connectivity index (χ0) is 23.4. The number of halogens is 3. The smallest absolute Gasteiger partial charge is 0.416 e. The molecule has 0 aliphatic carbocycles. The van der Waals surface area contributed by atoms with Crippen molar-refractivity contribution in [3.63, 3.8) is 0 Å². The first kappa shape index (κ1) is 22.4. The number of hydrogen-bond acceptors (Lipinski definition) is 2. The third-order valence-corrected chi connectivity index (χ3v) is 5.52. The summed E-state index contributed by atoms with van der Waals surface area (Å²) in [5.41, 5.74) is 1.27. The van der Waals surface area contributed by atoms with Crippen molar-refractivity contribution in [1.29, 1.82) is 0 Å². The van der Waals surface area contributed by atoms with Crippen molar-refractivity contribution in [2.45, 2.75) is 19.3 Å². The van der Waals surface area contributed by atoms with Crippen LogP contribution in [0, 0.1) is 0 Å². The molecular weight excluding hydrogens is 427 g/mol. The molecule has 0 fully saturated rings. The van der Waals surface area contributed by atoms with Crippen LogP contribution in [0.1, 0.15) is 27.0 Å². The Hall–Kier alpha value is -3.80. The van der Waals surface area contributed by atoms with Crippen LogP contribution >= 0.6 is 0 Å². The normalized spacial score (nSPS) is 11.4. The topological polar surface area (TPSA) is 29.5 Å². The number of amides is 1. The Kier molecular flexibility index (Phi) is 6.36. The molecule has 33 heavy (non-hydrogen) atoms. The van der Waals surface area contributed by atoms with Crippen LogP contribution in [0.2, 0.25) is 0 Å². The Bertz CT molecular complexity index is 1240. The number of ether oxygens (including phenoxy) is 1. The highest BCUT2D eigenvalue weighted by atomic mass is 19.4. The van der Waals surface area contributed by atoms with E-state index in [2.05, 4.69) is 0 Å². The van der Waals surface area contributed by atoms with Gasteiger partial charge in [0.25, 0.3) is 5.91 Å². The number of fused-ring (bicyclic) bond motifs is 1. The van der Waals surface area contributed by atoms with E-state index in [1.165, 1.54) is 12.1 Å². The molecule has 0 saturated carbocycles. The number of carbonyl (C=O) groups excluding carboxylic acids is 1. The molecule has 0 N–H and O–H groups in total. The number of benzene rings is 4. The lowest BCUT2D eigenvalue weighted by molar-refractivity contribution is -0.137. The second-order valence-electron chi connectivity index (χ2n) is 7.72. The molecule has 0 bridgehead atoms. The molecule has 0 heterocycles. The molecule has 4 aromatic rings. The second kappa shape index (κ2) is 9.36. The minimum absolute atomic E-state index is 0.205. The van der Waals surface area contributed by atoms with Crippen molar-refractivity contribution in [2.75, 3.05) is 7.11 Å². The quantitative estimate of drug-likeness (QED) is 0.327. The van der Waals surface area contributed by atoms with Gasteiger partial charge in [-0.1, -0.05) is 54.6 Å². The van der Waals surface area contributed by atoms with Gasteiger partial charge in [-0.05, 0) is 58.3 Å². The first-order chi connectivity index (χ1) is 15.8. The predicted molar refractivity (Wildman–Crippen MR) is 122 cm³/mol.